The molecule has 2 heterocycles. The Kier molecular flexibility index (Phi) is 7.16. The van der Waals surface area contributed by atoms with Crippen molar-refractivity contribution in [2.45, 2.75) is 51.2 Å². The molecule has 0 radical (unpaired) electrons. The number of anilines is 1. The number of carbonyl (C=O) groups is 2. The minimum atomic E-state index is -0.404. The molecule has 2 amide bonds. The lowest BCUT2D eigenvalue weighted by Crippen LogP contribution is -2.25. The van der Waals surface area contributed by atoms with Crippen LogP contribution in [0.4, 0.5) is 5.13 Å². The van der Waals surface area contributed by atoms with Crippen molar-refractivity contribution in [2.75, 3.05) is 5.32 Å². The second-order valence-electron chi connectivity index (χ2n) is 6.57. The van der Waals surface area contributed by atoms with E-state index in [-0.39, 0.29) is 18.4 Å². The Bertz CT molecular complexity index is 1050. The summed E-state index contributed by atoms with van der Waals surface area (Å²) in [6.07, 6.45) is 0. The Hall–Kier alpha value is -2.79. The second-order valence-corrected chi connectivity index (χ2v) is 9.06. The van der Waals surface area contributed by atoms with Crippen LogP contribution in [-0.2, 0) is 17.9 Å². The first-order valence-electron chi connectivity index (χ1n) is 9.42. The van der Waals surface area contributed by atoms with Gasteiger partial charge in [0.2, 0.25) is 11.0 Å². The summed E-state index contributed by atoms with van der Waals surface area (Å²) >= 11 is 2.63. The lowest BCUT2D eigenvalue weighted by molar-refractivity contribution is -0.115. The van der Waals surface area contributed by atoms with E-state index in [1.54, 1.807) is 13.0 Å². The fourth-order valence-corrected chi connectivity index (χ4v) is 4.19. The normalized spacial score (nSPS) is 11.9. The van der Waals surface area contributed by atoms with Crippen molar-refractivity contribution in [3.63, 3.8) is 0 Å². The molecule has 2 aromatic heterocycles. The van der Waals surface area contributed by atoms with Gasteiger partial charge in [-0.25, -0.2) is 0 Å². The van der Waals surface area contributed by atoms with E-state index >= 15 is 0 Å². The topological polar surface area (TPSA) is 115 Å². The Morgan fingerprint density at radius 3 is 2.67 bits per heavy atom. The summed E-state index contributed by atoms with van der Waals surface area (Å²) in [6.45, 7) is 8.40. The third-order valence-corrected chi connectivity index (χ3v) is 6.04. The summed E-state index contributed by atoms with van der Waals surface area (Å²) in [5.41, 5.74) is 1.62. The van der Waals surface area contributed by atoms with Gasteiger partial charge in [0.05, 0.1) is 11.8 Å². The molecule has 0 aliphatic rings. The molecule has 0 saturated heterocycles. The molecule has 0 aliphatic carbocycles. The highest BCUT2D eigenvalue weighted by Crippen LogP contribution is 2.24. The SMILES string of the molecule is CCn1c(CNC(=O)c2cccc(C)c2)nnc1SC(C)C(=O)Nc1nnc(C)s1. The highest BCUT2D eigenvalue weighted by molar-refractivity contribution is 8.00. The van der Waals surface area contributed by atoms with Gasteiger partial charge in [0.15, 0.2) is 11.0 Å². The minimum Gasteiger partial charge on any atom is -0.345 e. The van der Waals surface area contributed by atoms with Crippen LogP contribution in [0.15, 0.2) is 29.4 Å². The standard InChI is InChI=1S/C19H23N7O2S2/c1-5-26-15(10-20-17(28)14-8-6-7-11(2)9-14)23-25-19(26)29-12(3)16(27)21-18-24-22-13(4)30-18/h6-9,12H,5,10H2,1-4H3,(H,20,28)(H,21,24,27). The smallest absolute Gasteiger partial charge is 0.251 e. The zero-order valence-electron chi connectivity index (χ0n) is 17.2. The number of aromatic nitrogens is 5. The van der Waals surface area contributed by atoms with Crippen molar-refractivity contribution in [1.29, 1.82) is 0 Å². The summed E-state index contributed by atoms with van der Waals surface area (Å²) in [4.78, 5) is 24.8. The van der Waals surface area contributed by atoms with Crippen LogP contribution in [0.1, 0.15) is 40.6 Å². The van der Waals surface area contributed by atoms with Crippen molar-refractivity contribution in [1.82, 2.24) is 30.3 Å². The predicted octanol–water partition coefficient (Wildman–Crippen LogP) is 2.82. The number of thioether (sulfide) groups is 1. The predicted molar refractivity (Wildman–Crippen MR) is 117 cm³/mol. The zero-order chi connectivity index (χ0) is 21.7. The number of hydrogen-bond acceptors (Lipinski definition) is 8. The molecule has 3 rings (SSSR count). The van der Waals surface area contributed by atoms with Crippen LogP contribution in [0, 0.1) is 13.8 Å². The summed E-state index contributed by atoms with van der Waals surface area (Å²) < 4.78 is 1.89. The van der Waals surface area contributed by atoms with Crippen LogP contribution in [0.2, 0.25) is 0 Å². The van der Waals surface area contributed by atoms with E-state index in [1.807, 2.05) is 43.5 Å². The number of rotatable bonds is 8. The summed E-state index contributed by atoms with van der Waals surface area (Å²) in [7, 11) is 0. The Labute approximate surface area is 182 Å². The molecule has 1 aromatic carbocycles. The van der Waals surface area contributed by atoms with Crippen molar-refractivity contribution in [3.05, 3.63) is 46.2 Å². The van der Waals surface area contributed by atoms with Gasteiger partial charge in [-0.15, -0.1) is 20.4 Å². The van der Waals surface area contributed by atoms with Crippen LogP contribution in [0.3, 0.4) is 0 Å². The molecule has 30 heavy (non-hydrogen) atoms. The molecule has 3 aromatic rings. The Morgan fingerprint density at radius 2 is 2.00 bits per heavy atom. The molecule has 158 valence electrons. The third kappa shape index (κ3) is 5.42. The number of aryl methyl sites for hydroxylation is 2. The van der Waals surface area contributed by atoms with Crippen LogP contribution in [0.5, 0.6) is 0 Å². The Balaban J connectivity index is 1.61. The molecule has 0 aliphatic heterocycles. The van der Waals surface area contributed by atoms with Crippen molar-refractivity contribution >= 4 is 40.0 Å². The number of nitrogens with zero attached hydrogens (tertiary/aromatic N) is 5. The monoisotopic (exact) mass is 445 g/mol. The van der Waals surface area contributed by atoms with Gasteiger partial charge in [0.25, 0.3) is 5.91 Å². The average Bonchev–Trinajstić information content (AvgIpc) is 3.31. The zero-order valence-corrected chi connectivity index (χ0v) is 18.8. The minimum absolute atomic E-state index is 0.168. The van der Waals surface area contributed by atoms with E-state index in [0.29, 0.717) is 28.2 Å². The van der Waals surface area contributed by atoms with Crippen LogP contribution < -0.4 is 10.6 Å². The quantitative estimate of drug-likeness (QED) is 0.512. The third-order valence-electron chi connectivity index (χ3n) is 4.20. The summed E-state index contributed by atoms with van der Waals surface area (Å²) in [5.74, 6) is 0.281. The van der Waals surface area contributed by atoms with Crippen LogP contribution in [-0.4, -0.2) is 42.0 Å². The lowest BCUT2D eigenvalue weighted by atomic mass is 10.1. The first-order chi connectivity index (χ1) is 14.4. The second kappa shape index (κ2) is 9.81. The molecule has 2 N–H and O–H groups in total. The molecule has 0 spiro atoms. The number of amides is 2. The molecule has 0 saturated carbocycles. The number of benzene rings is 1. The number of carbonyl (C=O) groups excluding carboxylic acids is 2. The summed E-state index contributed by atoms with van der Waals surface area (Å²) in [5, 5.41) is 23.3. The highest BCUT2D eigenvalue weighted by atomic mass is 32.2. The van der Waals surface area contributed by atoms with Crippen molar-refractivity contribution < 1.29 is 9.59 Å². The fourth-order valence-electron chi connectivity index (χ4n) is 2.67. The molecule has 1 unspecified atom stereocenters. The summed E-state index contributed by atoms with van der Waals surface area (Å²) in [6, 6.07) is 7.40. The van der Waals surface area contributed by atoms with Gasteiger partial charge in [-0.3, -0.25) is 14.9 Å². The Morgan fingerprint density at radius 1 is 1.20 bits per heavy atom. The largest absolute Gasteiger partial charge is 0.345 e. The fraction of sp³-hybridized carbons (Fsp3) is 0.368. The van der Waals surface area contributed by atoms with Gasteiger partial charge in [0.1, 0.15) is 5.01 Å². The maximum Gasteiger partial charge on any atom is 0.251 e. The number of nitrogens with one attached hydrogen (secondary N) is 2. The molecule has 9 nitrogen and oxygen atoms in total. The van der Waals surface area contributed by atoms with E-state index in [2.05, 4.69) is 31.0 Å². The number of hydrogen-bond donors (Lipinski definition) is 2. The van der Waals surface area contributed by atoms with Crippen molar-refractivity contribution in [2.24, 2.45) is 0 Å². The van der Waals surface area contributed by atoms with Gasteiger partial charge in [-0.1, -0.05) is 40.8 Å². The van der Waals surface area contributed by atoms with E-state index < -0.39 is 5.25 Å². The van der Waals surface area contributed by atoms with Gasteiger partial charge in [-0.2, -0.15) is 0 Å². The molecule has 11 heteroatoms. The van der Waals surface area contributed by atoms with Crippen LogP contribution >= 0.6 is 23.1 Å². The lowest BCUT2D eigenvalue weighted by Gasteiger charge is -2.12. The van der Waals surface area contributed by atoms with E-state index in [4.69, 9.17) is 0 Å². The van der Waals surface area contributed by atoms with Gasteiger partial charge in [0, 0.05) is 12.1 Å². The van der Waals surface area contributed by atoms with Crippen molar-refractivity contribution in [3.8, 4) is 0 Å². The molecule has 0 bridgehead atoms. The van der Waals surface area contributed by atoms with E-state index in [1.165, 1.54) is 23.1 Å². The van der Waals surface area contributed by atoms with E-state index in [0.717, 1.165) is 10.6 Å². The van der Waals surface area contributed by atoms with Gasteiger partial charge >= 0.3 is 0 Å². The molecule has 0 fully saturated rings. The maximum atomic E-state index is 12.4. The van der Waals surface area contributed by atoms with Crippen LogP contribution in [0.25, 0.3) is 0 Å². The first-order valence-corrected chi connectivity index (χ1v) is 11.1. The highest BCUT2D eigenvalue weighted by Gasteiger charge is 2.21. The maximum absolute atomic E-state index is 12.4. The van der Waals surface area contributed by atoms with Gasteiger partial charge < -0.3 is 9.88 Å². The van der Waals surface area contributed by atoms with E-state index in [9.17, 15) is 9.59 Å². The molecular formula is C19H23N7O2S2. The molecule has 1 atom stereocenters. The first kappa shape index (κ1) is 21.9. The average molecular weight is 446 g/mol. The molecular weight excluding hydrogens is 422 g/mol. The van der Waals surface area contributed by atoms with Gasteiger partial charge in [-0.05, 0) is 39.8 Å².